The van der Waals surface area contributed by atoms with Crippen LogP contribution in [0.3, 0.4) is 0 Å². The Labute approximate surface area is 177 Å². The van der Waals surface area contributed by atoms with Crippen molar-refractivity contribution >= 4 is 10.0 Å². The first-order chi connectivity index (χ1) is 14.6. The molecule has 6 nitrogen and oxygen atoms in total. The number of morpholine rings is 1. The van der Waals surface area contributed by atoms with Crippen molar-refractivity contribution in [1.82, 2.24) is 9.62 Å². The minimum atomic E-state index is -5.00. The Morgan fingerprint density at radius 2 is 1.77 bits per heavy atom. The minimum absolute atomic E-state index is 0.0899. The number of hydrogen-bond acceptors (Lipinski definition) is 5. The summed E-state index contributed by atoms with van der Waals surface area (Å²) in [6.07, 6.45) is -5.00. The Hall–Kier alpha value is -2.21. The molecule has 0 aromatic heterocycles. The van der Waals surface area contributed by atoms with E-state index in [4.69, 9.17) is 9.47 Å². The zero-order valence-electron chi connectivity index (χ0n) is 16.7. The lowest BCUT2D eigenvalue weighted by Crippen LogP contribution is -2.43. The van der Waals surface area contributed by atoms with Crippen molar-refractivity contribution in [2.75, 3.05) is 40.0 Å². The summed E-state index contributed by atoms with van der Waals surface area (Å²) in [5.41, 5.74) is -0.823. The maximum atomic E-state index is 13.5. The molecule has 0 spiro atoms. The van der Waals surface area contributed by atoms with Gasteiger partial charge < -0.3 is 9.47 Å². The van der Waals surface area contributed by atoms with E-state index in [9.17, 15) is 26.0 Å². The summed E-state index contributed by atoms with van der Waals surface area (Å²) >= 11 is 0. The van der Waals surface area contributed by atoms with E-state index in [0.29, 0.717) is 44.2 Å². The van der Waals surface area contributed by atoms with E-state index in [1.165, 1.54) is 7.11 Å². The maximum absolute atomic E-state index is 13.5. The molecule has 1 atom stereocenters. The number of methoxy groups -OCH3 is 1. The lowest BCUT2D eigenvalue weighted by atomic mass is 10.0. The van der Waals surface area contributed by atoms with E-state index in [1.54, 1.807) is 24.3 Å². The first-order valence-corrected chi connectivity index (χ1v) is 10.9. The monoisotopic (exact) mass is 462 g/mol. The van der Waals surface area contributed by atoms with Gasteiger partial charge in [0.25, 0.3) is 0 Å². The first-order valence-electron chi connectivity index (χ1n) is 9.44. The number of alkyl halides is 3. The van der Waals surface area contributed by atoms with Crippen molar-refractivity contribution < 1.29 is 35.5 Å². The standard InChI is InChI=1S/C20H22F4N2O4S/c1-29-15-4-2-14(3-5-15)19(26-8-10-30-11-9-26)13-25-31(27,28)16-6-7-18(21)17(12-16)20(22,23)24/h2-7,12,19,25H,8-11,13H2,1H3. The zero-order valence-corrected chi connectivity index (χ0v) is 17.5. The molecule has 1 unspecified atom stereocenters. The van der Waals surface area contributed by atoms with Gasteiger partial charge in [0, 0.05) is 25.7 Å². The van der Waals surface area contributed by atoms with Crippen LogP contribution in [0.5, 0.6) is 5.75 Å². The van der Waals surface area contributed by atoms with Crippen LogP contribution in [0.25, 0.3) is 0 Å². The molecule has 0 bridgehead atoms. The fourth-order valence-corrected chi connectivity index (χ4v) is 4.40. The number of halogens is 4. The third-order valence-electron chi connectivity index (χ3n) is 5.01. The van der Waals surface area contributed by atoms with Gasteiger partial charge in [-0.25, -0.2) is 17.5 Å². The molecular weight excluding hydrogens is 440 g/mol. The highest BCUT2D eigenvalue weighted by Gasteiger charge is 2.35. The second kappa shape index (κ2) is 9.51. The third kappa shape index (κ3) is 5.73. The average Bonchev–Trinajstić information content (AvgIpc) is 2.74. The molecule has 3 rings (SSSR count). The molecule has 1 N–H and O–H groups in total. The van der Waals surface area contributed by atoms with Crippen molar-refractivity contribution in [2.24, 2.45) is 0 Å². The summed E-state index contributed by atoms with van der Waals surface area (Å²) in [5, 5.41) is 0. The van der Waals surface area contributed by atoms with Crippen LogP contribution in [0.2, 0.25) is 0 Å². The normalized spacial score (nSPS) is 16.8. The summed E-state index contributed by atoms with van der Waals surface area (Å²) < 4.78 is 90.7. The van der Waals surface area contributed by atoms with Crippen molar-refractivity contribution in [3.63, 3.8) is 0 Å². The first kappa shape index (κ1) is 23.5. The van der Waals surface area contributed by atoms with Crippen molar-refractivity contribution in [1.29, 1.82) is 0 Å². The molecule has 11 heteroatoms. The zero-order chi connectivity index (χ0) is 22.6. The Morgan fingerprint density at radius 1 is 1.13 bits per heavy atom. The quantitative estimate of drug-likeness (QED) is 0.641. The van der Waals surface area contributed by atoms with Crippen molar-refractivity contribution in [2.45, 2.75) is 17.1 Å². The van der Waals surface area contributed by atoms with Gasteiger partial charge in [-0.1, -0.05) is 12.1 Å². The van der Waals surface area contributed by atoms with E-state index in [1.807, 2.05) is 4.90 Å². The van der Waals surface area contributed by atoms with Crippen LogP contribution in [0.1, 0.15) is 17.2 Å². The number of hydrogen-bond donors (Lipinski definition) is 1. The molecule has 1 fully saturated rings. The average molecular weight is 462 g/mol. The highest BCUT2D eigenvalue weighted by atomic mass is 32.2. The number of benzene rings is 2. The van der Waals surface area contributed by atoms with Gasteiger partial charge in [0.15, 0.2) is 0 Å². The van der Waals surface area contributed by atoms with Crippen LogP contribution >= 0.6 is 0 Å². The van der Waals surface area contributed by atoms with Crippen molar-refractivity contribution in [3.05, 3.63) is 59.4 Å². The van der Waals surface area contributed by atoms with Gasteiger partial charge in [0.2, 0.25) is 10.0 Å². The Kier molecular flexibility index (Phi) is 7.20. The van der Waals surface area contributed by atoms with Gasteiger partial charge in [0.05, 0.1) is 30.8 Å². The van der Waals surface area contributed by atoms with Gasteiger partial charge in [-0.2, -0.15) is 13.2 Å². The summed E-state index contributed by atoms with van der Waals surface area (Å²) in [6, 6.07) is 8.31. The van der Waals surface area contributed by atoms with Crippen LogP contribution in [0.15, 0.2) is 47.4 Å². The molecule has 2 aromatic rings. The Morgan fingerprint density at radius 3 is 2.35 bits per heavy atom. The fourth-order valence-electron chi connectivity index (χ4n) is 3.33. The SMILES string of the molecule is COc1ccc(C(CNS(=O)(=O)c2ccc(F)c(C(F)(F)F)c2)N2CCOCC2)cc1. The number of rotatable bonds is 7. The van der Waals surface area contributed by atoms with Gasteiger partial charge in [-0.3, -0.25) is 4.90 Å². The van der Waals surface area contributed by atoms with E-state index >= 15 is 0 Å². The highest BCUT2D eigenvalue weighted by Crippen LogP contribution is 2.33. The summed E-state index contributed by atoms with van der Waals surface area (Å²) in [7, 11) is -2.79. The molecule has 1 aliphatic heterocycles. The Balaban J connectivity index is 1.84. The molecule has 2 aromatic carbocycles. The predicted molar refractivity (Wildman–Crippen MR) is 105 cm³/mol. The molecule has 0 aliphatic carbocycles. The number of sulfonamides is 1. The van der Waals surface area contributed by atoms with Crippen LogP contribution in [-0.2, 0) is 20.9 Å². The molecule has 170 valence electrons. The summed E-state index contributed by atoms with van der Waals surface area (Å²) in [4.78, 5) is 1.37. The second-order valence-electron chi connectivity index (χ2n) is 6.93. The summed E-state index contributed by atoms with van der Waals surface area (Å²) in [6.45, 7) is 1.99. The third-order valence-corrected chi connectivity index (χ3v) is 6.43. The fraction of sp³-hybridized carbons (Fsp3) is 0.400. The van der Waals surface area contributed by atoms with E-state index in [2.05, 4.69) is 4.72 Å². The number of ether oxygens (including phenoxy) is 2. The van der Waals surface area contributed by atoms with Crippen LogP contribution in [0, 0.1) is 5.82 Å². The molecule has 0 radical (unpaired) electrons. The maximum Gasteiger partial charge on any atom is 0.419 e. The topological polar surface area (TPSA) is 67.9 Å². The second-order valence-corrected chi connectivity index (χ2v) is 8.70. The molecule has 1 aliphatic rings. The minimum Gasteiger partial charge on any atom is -0.497 e. The largest absolute Gasteiger partial charge is 0.497 e. The summed E-state index contributed by atoms with van der Waals surface area (Å²) in [5.74, 6) is -0.896. The molecule has 1 saturated heterocycles. The molecule has 0 saturated carbocycles. The molecule has 31 heavy (non-hydrogen) atoms. The van der Waals surface area contributed by atoms with Crippen LogP contribution in [0.4, 0.5) is 17.6 Å². The van der Waals surface area contributed by atoms with E-state index < -0.39 is 32.5 Å². The number of nitrogens with zero attached hydrogens (tertiary/aromatic N) is 1. The van der Waals surface area contributed by atoms with E-state index in [-0.39, 0.29) is 12.6 Å². The smallest absolute Gasteiger partial charge is 0.419 e. The molecule has 1 heterocycles. The lowest BCUT2D eigenvalue weighted by Gasteiger charge is -2.35. The predicted octanol–water partition coefficient (Wildman–Crippen LogP) is 3.20. The van der Waals surface area contributed by atoms with E-state index in [0.717, 1.165) is 11.6 Å². The molecular formula is C20H22F4N2O4S. The van der Waals surface area contributed by atoms with Crippen LogP contribution in [-0.4, -0.2) is 53.3 Å². The number of nitrogens with one attached hydrogen (secondary N) is 1. The van der Waals surface area contributed by atoms with Crippen molar-refractivity contribution in [3.8, 4) is 5.75 Å². The highest BCUT2D eigenvalue weighted by molar-refractivity contribution is 7.89. The van der Waals surface area contributed by atoms with Gasteiger partial charge in [0.1, 0.15) is 11.6 Å². The lowest BCUT2D eigenvalue weighted by molar-refractivity contribution is -0.140. The van der Waals surface area contributed by atoms with Crippen LogP contribution < -0.4 is 9.46 Å². The van der Waals surface area contributed by atoms with Gasteiger partial charge in [-0.15, -0.1) is 0 Å². The molecule has 0 amide bonds. The van der Waals surface area contributed by atoms with Gasteiger partial charge in [-0.05, 0) is 35.9 Å². The Bertz CT molecular complexity index is 991. The van der Waals surface area contributed by atoms with Gasteiger partial charge >= 0.3 is 6.18 Å².